The zero-order valence-corrected chi connectivity index (χ0v) is 15.5. The summed E-state index contributed by atoms with van der Waals surface area (Å²) in [6.45, 7) is 6.93. The van der Waals surface area contributed by atoms with E-state index in [0.29, 0.717) is 12.4 Å². The Morgan fingerprint density at radius 2 is 1.93 bits per heavy atom. The molecule has 0 aliphatic rings. The first-order valence-electron chi connectivity index (χ1n) is 8.92. The fraction of sp³-hybridized carbons (Fsp3) is 0.190. The molecule has 1 aromatic carbocycles. The number of hydrogen-bond donors (Lipinski definition) is 0. The Morgan fingerprint density at radius 1 is 1.04 bits per heavy atom. The van der Waals surface area contributed by atoms with Crippen LogP contribution < -0.4 is 0 Å². The molecule has 0 atom stereocenters. The first kappa shape index (κ1) is 15.8. The van der Waals surface area contributed by atoms with Gasteiger partial charge < -0.3 is 8.98 Å². The molecular formula is C21H19N5O. The fourth-order valence-electron chi connectivity index (χ4n) is 3.59. The van der Waals surface area contributed by atoms with Gasteiger partial charge in [-0.1, -0.05) is 23.8 Å². The second kappa shape index (κ2) is 5.81. The topological polar surface area (TPSA) is 61.2 Å². The van der Waals surface area contributed by atoms with Crippen LogP contribution in [0.4, 0.5) is 0 Å². The van der Waals surface area contributed by atoms with Gasteiger partial charge in [0.05, 0.1) is 18.2 Å². The van der Waals surface area contributed by atoms with Crippen LogP contribution in [0, 0.1) is 20.8 Å². The molecule has 5 aromatic rings. The molecule has 4 aromatic heterocycles. The van der Waals surface area contributed by atoms with E-state index < -0.39 is 0 Å². The van der Waals surface area contributed by atoms with Gasteiger partial charge in [0.2, 0.25) is 0 Å². The lowest BCUT2D eigenvalue weighted by Gasteiger charge is -2.05. The Bertz CT molecular complexity index is 1280. The number of aryl methyl sites for hydroxylation is 2. The van der Waals surface area contributed by atoms with Crippen molar-refractivity contribution < 1.29 is 4.42 Å². The molecule has 0 saturated carbocycles. The van der Waals surface area contributed by atoms with Gasteiger partial charge in [-0.05, 0) is 44.5 Å². The highest BCUT2D eigenvalue weighted by Crippen LogP contribution is 2.29. The first-order chi connectivity index (χ1) is 13.1. The Labute approximate surface area is 156 Å². The van der Waals surface area contributed by atoms with Gasteiger partial charge in [0.1, 0.15) is 17.7 Å². The van der Waals surface area contributed by atoms with Crippen molar-refractivity contribution in [2.75, 3.05) is 0 Å². The van der Waals surface area contributed by atoms with Crippen molar-refractivity contribution in [1.82, 2.24) is 24.1 Å². The summed E-state index contributed by atoms with van der Waals surface area (Å²) in [4.78, 5) is 9.52. The quantitative estimate of drug-likeness (QED) is 0.483. The van der Waals surface area contributed by atoms with Gasteiger partial charge in [-0.15, -0.1) is 5.10 Å². The van der Waals surface area contributed by atoms with Gasteiger partial charge in [0.15, 0.2) is 11.5 Å². The minimum atomic E-state index is 0.644. The SMILES string of the molecule is Cc1cccc(-c2nc3c4c(C)c(C)n(Cc5ccco5)c4ncn3n2)c1. The van der Waals surface area contributed by atoms with E-state index in [4.69, 9.17) is 9.40 Å². The van der Waals surface area contributed by atoms with Crippen LogP contribution in [0.25, 0.3) is 28.1 Å². The highest BCUT2D eigenvalue weighted by molar-refractivity contribution is 5.94. The number of rotatable bonds is 3. The van der Waals surface area contributed by atoms with E-state index in [1.54, 1.807) is 17.1 Å². The summed E-state index contributed by atoms with van der Waals surface area (Å²) in [6, 6.07) is 12.1. The highest BCUT2D eigenvalue weighted by Gasteiger charge is 2.19. The van der Waals surface area contributed by atoms with Crippen molar-refractivity contribution in [3.8, 4) is 11.4 Å². The van der Waals surface area contributed by atoms with Crippen LogP contribution in [0.2, 0.25) is 0 Å². The van der Waals surface area contributed by atoms with E-state index in [2.05, 4.69) is 47.6 Å². The van der Waals surface area contributed by atoms with E-state index in [-0.39, 0.29) is 0 Å². The van der Waals surface area contributed by atoms with Crippen LogP contribution >= 0.6 is 0 Å². The second-order valence-electron chi connectivity index (χ2n) is 6.89. The number of hydrogen-bond acceptors (Lipinski definition) is 4. The summed E-state index contributed by atoms with van der Waals surface area (Å²) >= 11 is 0. The summed E-state index contributed by atoms with van der Waals surface area (Å²) in [6.07, 6.45) is 3.43. The predicted octanol–water partition coefficient (Wildman–Crippen LogP) is 4.31. The number of furan rings is 1. The molecule has 5 rings (SSSR count). The summed E-state index contributed by atoms with van der Waals surface area (Å²) in [7, 11) is 0. The Morgan fingerprint density at radius 3 is 2.70 bits per heavy atom. The Balaban J connectivity index is 1.73. The number of benzene rings is 1. The maximum absolute atomic E-state index is 5.53. The minimum absolute atomic E-state index is 0.644. The van der Waals surface area contributed by atoms with Crippen molar-refractivity contribution in [2.45, 2.75) is 27.3 Å². The molecule has 6 heteroatoms. The third kappa shape index (κ3) is 2.44. The lowest BCUT2D eigenvalue weighted by Crippen LogP contribution is -2.02. The van der Waals surface area contributed by atoms with E-state index in [0.717, 1.165) is 39.3 Å². The van der Waals surface area contributed by atoms with Crippen LogP contribution in [0.15, 0.2) is 53.4 Å². The van der Waals surface area contributed by atoms with Crippen LogP contribution in [-0.4, -0.2) is 24.1 Å². The second-order valence-corrected chi connectivity index (χ2v) is 6.89. The Hall–Kier alpha value is -3.41. The lowest BCUT2D eigenvalue weighted by atomic mass is 10.1. The maximum atomic E-state index is 5.53. The number of fused-ring (bicyclic) bond motifs is 3. The molecular weight excluding hydrogens is 338 g/mol. The fourth-order valence-corrected chi connectivity index (χ4v) is 3.59. The normalized spacial score (nSPS) is 11.7. The third-order valence-electron chi connectivity index (χ3n) is 5.12. The highest BCUT2D eigenvalue weighted by atomic mass is 16.3. The van der Waals surface area contributed by atoms with Gasteiger partial charge in [0, 0.05) is 11.3 Å². The molecule has 0 amide bonds. The first-order valence-corrected chi connectivity index (χ1v) is 8.92. The van der Waals surface area contributed by atoms with Gasteiger partial charge in [-0.25, -0.2) is 14.5 Å². The largest absolute Gasteiger partial charge is 0.467 e. The van der Waals surface area contributed by atoms with E-state index in [1.165, 1.54) is 5.56 Å². The molecule has 134 valence electrons. The third-order valence-corrected chi connectivity index (χ3v) is 5.12. The van der Waals surface area contributed by atoms with E-state index in [9.17, 15) is 0 Å². The van der Waals surface area contributed by atoms with Gasteiger partial charge in [-0.2, -0.15) is 0 Å². The smallest absolute Gasteiger partial charge is 0.182 e. The lowest BCUT2D eigenvalue weighted by molar-refractivity contribution is 0.494. The average molecular weight is 357 g/mol. The average Bonchev–Trinajstić information content (AvgIpc) is 3.37. The van der Waals surface area contributed by atoms with Crippen molar-refractivity contribution in [3.63, 3.8) is 0 Å². The zero-order valence-electron chi connectivity index (χ0n) is 15.5. The monoisotopic (exact) mass is 357 g/mol. The standard InChI is InChI=1S/C21H19N5O/c1-13-6-4-7-16(10-13)19-23-21-18-14(2)15(3)25(11-17-8-5-9-27-17)20(18)22-12-26(21)24-19/h4-10,12H,11H2,1-3H3. The predicted molar refractivity (Wildman–Crippen MR) is 104 cm³/mol. The minimum Gasteiger partial charge on any atom is -0.467 e. The van der Waals surface area contributed by atoms with Crippen LogP contribution in [-0.2, 0) is 6.54 Å². The molecule has 0 fully saturated rings. The zero-order chi connectivity index (χ0) is 18.5. The molecule has 27 heavy (non-hydrogen) atoms. The molecule has 0 bridgehead atoms. The Kier molecular flexibility index (Phi) is 3.40. The van der Waals surface area contributed by atoms with Crippen LogP contribution in [0.3, 0.4) is 0 Å². The van der Waals surface area contributed by atoms with Gasteiger partial charge >= 0.3 is 0 Å². The molecule has 0 aliphatic carbocycles. The van der Waals surface area contributed by atoms with Crippen molar-refractivity contribution in [3.05, 3.63) is 71.6 Å². The molecule has 0 saturated heterocycles. The molecule has 0 N–H and O–H groups in total. The molecule has 0 radical (unpaired) electrons. The summed E-state index contributed by atoms with van der Waals surface area (Å²) in [5.41, 5.74) is 6.25. The maximum Gasteiger partial charge on any atom is 0.182 e. The van der Waals surface area contributed by atoms with Crippen LogP contribution in [0.1, 0.15) is 22.6 Å². The van der Waals surface area contributed by atoms with Crippen molar-refractivity contribution in [2.24, 2.45) is 0 Å². The molecule has 6 nitrogen and oxygen atoms in total. The summed E-state index contributed by atoms with van der Waals surface area (Å²) in [5, 5.41) is 5.68. The number of aromatic nitrogens is 5. The van der Waals surface area contributed by atoms with E-state index >= 15 is 0 Å². The van der Waals surface area contributed by atoms with Gasteiger partial charge in [-0.3, -0.25) is 0 Å². The summed E-state index contributed by atoms with van der Waals surface area (Å²) < 4.78 is 9.47. The van der Waals surface area contributed by atoms with Crippen molar-refractivity contribution >= 4 is 16.7 Å². The molecule has 4 heterocycles. The van der Waals surface area contributed by atoms with Crippen LogP contribution in [0.5, 0.6) is 0 Å². The summed E-state index contributed by atoms with van der Waals surface area (Å²) in [5.74, 6) is 1.61. The van der Waals surface area contributed by atoms with Gasteiger partial charge in [0.25, 0.3) is 0 Å². The molecule has 0 spiro atoms. The molecule has 0 unspecified atom stereocenters. The van der Waals surface area contributed by atoms with E-state index in [1.807, 2.05) is 24.3 Å². The van der Waals surface area contributed by atoms with Crippen molar-refractivity contribution in [1.29, 1.82) is 0 Å². The number of nitrogens with zero attached hydrogens (tertiary/aromatic N) is 5. The molecule has 0 aliphatic heterocycles.